The molecule has 0 saturated heterocycles. The summed E-state index contributed by atoms with van der Waals surface area (Å²) in [7, 11) is 0. The Morgan fingerprint density at radius 1 is 1.43 bits per heavy atom. The number of aromatic carboxylic acids is 1. The lowest BCUT2D eigenvalue weighted by Gasteiger charge is -2.08. The smallest absolute Gasteiger partial charge is 0.339 e. The van der Waals surface area contributed by atoms with E-state index < -0.39 is 10.9 Å². The van der Waals surface area contributed by atoms with Crippen LogP contribution in [-0.4, -0.2) is 21.0 Å². The van der Waals surface area contributed by atoms with Crippen molar-refractivity contribution in [2.24, 2.45) is 0 Å². The van der Waals surface area contributed by atoms with Gasteiger partial charge in [0.05, 0.1) is 4.92 Å². The third kappa shape index (κ3) is 3.34. The van der Waals surface area contributed by atoms with Gasteiger partial charge in [0, 0.05) is 16.7 Å². The number of pyridine rings is 1. The van der Waals surface area contributed by atoms with Gasteiger partial charge in [0.1, 0.15) is 11.3 Å². The molecule has 108 valence electrons. The molecule has 0 atom stereocenters. The molecule has 0 spiro atoms. The molecular formula is C13H9BrN2O5. The first-order chi connectivity index (χ1) is 9.88. The Morgan fingerprint density at radius 3 is 2.76 bits per heavy atom. The summed E-state index contributed by atoms with van der Waals surface area (Å²) < 4.78 is 5.87. The van der Waals surface area contributed by atoms with Crippen LogP contribution in [0.15, 0.2) is 34.9 Å². The number of benzene rings is 1. The van der Waals surface area contributed by atoms with Crippen LogP contribution >= 0.6 is 15.9 Å². The molecule has 0 fully saturated rings. The first-order valence-electron chi connectivity index (χ1n) is 5.70. The van der Waals surface area contributed by atoms with Crippen LogP contribution in [0.5, 0.6) is 11.6 Å². The molecule has 7 nitrogen and oxygen atoms in total. The Labute approximate surface area is 127 Å². The number of nitro groups is 1. The second-order valence-electron chi connectivity index (χ2n) is 4.14. The molecule has 1 aromatic heterocycles. The maximum absolute atomic E-state index is 11.2. The molecule has 8 heteroatoms. The number of carboxylic acids is 1. The van der Waals surface area contributed by atoms with Gasteiger partial charge in [-0.1, -0.05) is 15.9 Å². The number of ether oxygens (including phenoxy) is 1. The van der Waals surface area contributed by atoms with Crippen LogP contribution in [0.1, 0.15) is 15.9 Å². The molecule has 0 aliphatic rings. The molecule has 0 amide bonds. The zero-order chi connectivity index (χ0) is 15.6. The molecule has 0 aliphatic carbocycles. The van der Waals surface area contributed by atoms with Crippen molar-refractivity contribution in [3.8, 4) is 11.6 Å². The number of carbonyl (C=O) groups is 1. The van der Waals surface area contributed by atoms with E-state index in [4.69, 9.17) is 9.84 Å². The minimum atomic E-state index is -1.21. The van der Waals surface area contributed by atoms with Crippen LogP contribution in [0.25, 0.3) is 0 Å². The summed E-state index contributed by atoms with van der Waals surface area (Å²) in [4.78, 5) is 25.4. The second-order valence-corrected chi connectivity index (χ2v) is 5.06. The van der Waals surface area contributed by atoms with Gasteiger partial charge in [-0.15, -0.1) is 0 Å². The largest absolute Gasteiger partial charge is 0.478 e. The topological polar surface area (TPSA) is 103 Å². The van der Waals surface area contributed by atoms with Gasteiger partial charge in [-0.3, -0.25) is 10.1 Å². The summed E-state index contributed by atoms with van der Waals surface area (Å²) in [5.41, 5.74) is 0.151. The molecule has 0 radical (unpaired) electrons. The van der Waals surface area contributed by atoms with Gasteiger partial charge >= 0.3 is 11.7 Å². The zero-order valence-electron chi connectivity index (χ0n) is 10.7. The summed E-state index contributed by atoms with van der Waals surface area (Å²) >= 11 is 3.15. The maximum Gasteiger partial charge on any atom is 0.339 e. The van der Waals surface area contributed by atoms with Crippen LogP contribution in [0.2, 0.25) is 0 Å². The van der Waals surface area contributed by atoms with E-state index in [1.165, 1.54) is 24.4 Å². The van der Waals surface area contributed by atoms with Gasteiger partial charge in [-0.25, -0.2) is 9.78 Å². The number of halogens is 1. The van der Waals surface area contributed by atoms with E-state index >= 15 is 0 Å². The van der Waals surface area contributed by atoms with Crippen LogP contribution in [0.3, 0.4) is 0 Å². The Bertz CT molecular complexity index is 671. The third-order valence-corrected chi connectivity index (χ3v) is 3.04. The Balaban J connectivity index is 2.48. The molecule has 2 rings (SSSR count). The monoisotopic (exact) mass is 352 g/mol. The van der Waals surface area contributed by atoms with Gasteiger partial charge in [0.15, 0.2) is 0 Å². The molecule has 1 aromatic carbocycles. The van der Waals surface area contributed by atoms with E-state index in [0.717, 1.165) is 0 Å². The predicted octanol–water partition coefficient (Wildman–Crippen LogP) is 3.55. The summed E-state index contributed by atoms with van der Waals surface area (Å²) in [6, 6.07) is 5.62. The van der Waals surface area contributed by atoms with E-state index in [1.807, 2.05) is 0 Å². The van der Waals surface area contributed by atoms with E-state index in [2.05, 4.69) is 20.9 Å². The van der Waals surface area contributed by atoms with E-state index in [-0.39, 0.29) is 22.9 Å². The molecule has 1 N–H and O–H groups in total. The second kappa shape index (κ2) is 5.88. The molecule has 2 aromatic rings. The van der Waals surface area contributed by atoms with Crippen molar-refractivity contribution >= 4 is 27.6 Å². The van der Waals surface area contributed by atoms with Crippen molar-refractivity contribution in [2.45, 2.75) is 6.92 Å². The van der Waals surface area contributed by atoms with Gasteiger partial charge in [0.2, 0.25) is 0 Å². The SMILES string of the molecule is Cc1cnc(Oc2ccc(Br)cc2C(=O)O)c([N+](=O)[O-])c1. The normalized spacial score (nSPS) is 10.2. The summed E-state index contributed by atoms with van der Waals surface area (Å²) in [6.07, 6.45) is 1.40. The number of aryl methyl sites for hydroxylation is 1. The minimum Gasteiger partial charge on any atom is -0.478 e. The molecule has 0 bridgehead atoms. The van der Waals surface area contributed by atoms with E-state index in [1.54, 1.807) is 13.0 Å². The maximum atomic E-state index is 11.2. The van der Waals surface area contributed by atoms with Crippen molar-refractivity contribution < 1.29 is 19.6 Å². The fourth-order valence-corrected chi connectivity index (χ4v) is 1.97. The van der Waals surface area contributed by atoms with Crippen molar-refractivity contribution in [3.63, 3.8) is 0 Å². The number of aromatic nitrogens is 1. The quantitative estimate of drug-likeness (QED) is 0.666. The molecule has 0 unspecified atom stereocenters. The van der Waals surface area contributed by atoms with E-state index in [9.17, 15) is 14.9 Å². The number of hydrogen-bond acceptors (Lipinski definition) is 5. The van der Waals surface area contributed by atoms with Gasteiger partial charge in [0.25, 0.3) is 5.88 Å². The van der Waals surface area contributed by atoms with Gasteiger partial charge in [-0.2, -0.15) is 0 Å². The summed E-state index contributed by atoms with van der Waals surface area (Å²) in [5, 5.41) is 20.1. The Hall–Kier alpha value is -2.48. The summed E-state index contributed by atoms with van der Waals surface area (Å²) in [5.74, 6) is -1.48. The molecular weight excluding hydrogens is 344 g/mol. The average molecular weight is 353 g/mol. The van der Waals surface area contributed by atoms with Crippen LogP contribution in [0, 0.1) is 17.0 Å². The highest BCUT2D eigenvalue weighted by atomic mass is 79.9. The van der Waals surface area contributed by atoms with Crippen molar-refractivity contribution in [1.82, 2.24) is 4.98 Å². The van der Waals surface area contributed by atoms with E-state index in [0.29, 0.717) is 10.0 Å². The number of carboxylic acid groups (broad SMARTS) is 1. The highest BCUT2D eigenvalue weighted by Gasteiger charge is 2.20. The first-order valence-corrected chi connectivity index (χ1v) is 6.49. The lowest BCUT2D eigenvalue weighted by molar-refractivity contribution is -0.386. The zero-order valence-corrected chi connectivity index (χ0v) is 12.3. The first kappa shape index (κ1) is 14.9. The number of nitrogens with zero attached hydrogens (tertiary/aromatic N) is 2. The standard InChI is InChI=1S/C13H9BrN2O5/c1-7-4-10(16(19)20)12(15-6-7)21-11-3-2-8(14)5-9(11)13(17)18/h2-6H,1H3,(H,17,18). The van der Waals surface area contributed by atoms with Crippen LogP contribution in [-0.2, 0) is 0 Å². The molecule has 0 aliphatic heterocycles. The average Bonchev–Trinajstić information content (AvgIpc) is 2.42. The minimum absolute atomic E-state index is 0.0230. The lowest BCUT2D eigenvalue weighted by atomic mass is 10.2. The van der Waals surface area contributed by atoms with Gasteiger partial charge in [-0.05, 0) is 30.7 Å². The number of hydrogen-bond donors (Lipinski definition) is 1. The summed E-state index contributed by atoms with van der Waals surface area (Å²) in [6.45, 7) is 1.66. The predicted molar refractivity (Wildman–Crippen MR) is 76.8 cm³/mol. The highest BCUT2D eigenvalue weighted by molar-refractivity contribution is 9.10. The molecule has 21 heavy (non-hydrogen) atoms. The molecule has 1 heterocycles. The van der Waals surface area contributed by atoms with Gasteiger partial charge < -0.3 is 9.84 Å². The fraction of sp³-hybridized carbons (Fsp3) is 0.0769. The number of rotatable bonds is 4. The van der Waals surface area contributed by atoms with Crippen LogP contribution < -0.4 is 4.74 Å². The lowest BCUT2D eigenvalue weighted by Crippen LogP contribution is -2.02. The highest BCUT2D eigenvalue weighted by Crippen LogP contribution is 2.32. The third-order valence-electron chi connectivity index (χ3n) is 2.54. The Morgan fingerprint density at radius 2 is 2.14 bits per heavy atom. The van der Waals surface area contributed by atoms with Crippen molar-refractivity contribution in [1.29, 1.82) is 0 Å². The van der Waals surface area contributed by atoms with Crippen molar-refractivity contribution in [3.05, 3.63) is 56.2 Å². The molecule has 0 saturated carbocycles. The fourth-order valence-electron chi connectivity index (χ4n) is 1.61. The Kier molecular flexibility index (Phi) is 4.18. The van der Waals surface area contributed by atoms with Crippen LogP contribution in [0.4, 0.5) is 5.69 Å². The van der Waals surface area contributed by atoms with Crippen molar-refractivity contribution in [2.75, 3.05) is 0 Å².